The van der Waals surface area contributed by atoms with Crippen molar-refractivity contribution in [2.75, 3.05) is 11.5 Å². The number of pyridine rings is 1. The second-order valence-corrected chi connectivity index (χ2v) is 5.46. The van der Waals surface area contributed by atoms with Crippen molar-refractivity contribution in [3.8, 4) is 0 Å². The van der Waals surface area contributed by atoms with E-state index in [1.54, 1.807) is 6.20 Å². The summed E-state index contributed by atoms with van der Waals surface area (Å²) in [5.74, 6) is 7.46. The zero-order valence-corrected chi connectivity index (χ0v) is 10.0. The third-order valence-corrected chi connectivity index (χ3v) is 4.45. The van der Waals surface area contributed by atoms with Gasteiger partial charge in [0.1, 0.15) is 5.82 Å². The van der Waals surface area contributed by atoms with Crippen LogP contribution >= 0.6 is 11.8 Å². The van der Waals surface area contributed by atoms with E-state index in [4.69, 9.17) is 11.6 Å². The largest absolute Gasteiger partial charge is 0.384 e. The molecule has 0 spiro atoms. The lowest BCUT2D eigenvalue weighted by atomic mass is 10.0. The first kappa shape index (κ1) is 11.7. The highest BCUT2D eigenvalue weighted by Crippen LogP contribution is 2.29. The highest BCUT2D eigenvalue weighted by atomic mass is 32.2. The number of hydrogen-bond donors (Lipinski definition) is 3. The second kappa shape index (κ2) is 5.52. The molecule has 1 aliphatic rings. The van der Waals surface area contributed by atoms with Gasteiger partial charge in [-0.2, -0.15) is 11.8 Å². The third kappa shape index (κ3) is 2.87. The molecule has 4 nitrogen and oxygen atoms in total. The quantitative estimate of drug-likeness (QED) is 0.537. The number of nitrogens with one attached hydrogen (secondary N) is 1. The molecule has 0 aliphatic carbocycles. The van der Waals surface area contributed by atoms with E-state index in [0.29, 0.717) is 17.1 Å². The van der Waals surface area contributed by atoms with Crippen LogP contribution < -0.4 is 17.0 Å². The van der Waals surface area contributed by atoms with Gasteiger partial charge >= 0.3 is 0 Å². The van der Waals surface area contributed by atoms with E-state index in [-0.39, 0.29) is 0 Å². The summed E-state index contributed by atoms with van der Waals surface area (Å²) >= 11 is 2.01. The molecule has 88 valence electrons. The van der Waals surface area contributed by atoms with Crippen molar-refractivity contribution in [1.29, 1.82) is 0 Å². The molecule has 1 aliphatic heterocycles. The van der Waals surface area contributed by atoms with Crippen molar-refractivity contribution in [3.05, 3.63) is 23.9 Å². The van der Waals surface area contributed by atoms with Crippen LogP contribution in [0, 0.1) is 0 Å². The Kier molecular flexibility index (Phi) is 4.04. The molecule has 2 atom stereocenters. The topological polar surface area (TPSA) is 77.0 Å². The van der Waals surface area contributed by atoms with Gasteiger partial charge in [-0.1, -0.05) is 0 Å². The van der Waals surface area contributed by atoms with Crippen LogP contribution in [0.3, 0.4) is 0 Å². The Balaban J connectivity index is 2.00. The molecule has 1 saturated heterocycles. The van der Waals surface area contributed by atoms with E-state index in [1.807, 2.05) is 23.9 Å². The fourth-order valence-electron chi connectivity index (χ4n) is 2.09. The van der Waals surface area contributed by atoms with Gasteiger partial charge < -0.3 is 5.73 Å². The van der Waals surface area contributed by atoms with Crippen LogP contribution in [0.1, 0.15) is 18.4 Å². The number of nitrogen functional groups attached to an aromatic ring is 1. The van der Waals surface area contributed by atoms with Crippen molar-refractivity contribution in [2.45, 2.75) is 30.6 Å². The van der Waals surface area contributed by atoms with E-state index in [0.717, 1.165) is 6.42 Å². The van der Waals surface area contributed by atoms with Gasteiger partial charge in [-0.3, -0.25) is 11.3 Å². The Morgan fingerprint density at radius 3 is 3.12 bits per heavy atom. The summed E-state index contributed by atoms with van der Waals surface area (Å²) in [5, 5.41) is 0.624. The summed E-state index contributed by atoms with van der Waals surface area (Å²) in [6.45, 7) is 0. The molecular weight excluding hydrogens is 220 g/mol. The first-order valence-corrected chi connectivity index (χ1v) is 6.62. The molecule has 1 aromatic heterocycles. The maximum absolute atomic E-state index is 5.66. The highest BCUT2D eigenvalue weighted by molar-refractivity contribution is 8.00. The molecule has 0 bridgehead atoms. The number of nitrogens with zero attached hydrogens (tertiary/aromatic N) is 1. The molecular formula is C11H18N4S. The Bertz CT molecular complexity index is 339. The molecule has 2 rings (SSSR count). The summed E-state index contributed by atoms with van der Waals surface area (Å²) in [6, 6.07) is 4.25. The number of hydrogen-bond acceptors (Lipinski definition) is 5. The molecule has 16 heavy (non-hydrogen) atoms. The van der Waals surface area contributed by atoms with E-state index in [1.165, 1.54) is 24.2 Å². The number of nitrogens with two attached hydrogens (primary N) is 2. The van der Waals surface area contributed by atoms with Crippen molar-refractivity contribution >= 4 is 17.6 Å². The molecule has 0 saturated carbocycles. The summed E-state index contributed by atoms with van der Waals surface area (Å²) in [4.78, 5) is 3.99. The molecule has 1 fully saturated rings. The first-order valence-electron chi connectivity index (χ1n) is 5.57. The predicted molar refractivity (Wildman–Crippen MR) is 68.9 cm³/mol. The standard InChI is InChI=1S/C11H18N4S/c12-11-7-8(3-4-14-11)6-9(15-13)10-2-1-5-16-10/h3-4,7,9-10,15H,1-2,5-6,13H2,(H2,12,14). The number of rotatable bonds is 4. The lowest BCUT2D eigenvalue weighted by molar-refractivity contribution is 0.496. The number of hydrazine groups is 1. The van der Waals surface area contributed by atoms with Gasteiger partial charge in [0.05, 0.1) is 0 Å². The fourth-order valence-corrected chi connectivity index (χ4v) is 3.47. The SMILES string of the molecule is NNC(Cc1ccnc(N)c1)C1CCCS1. The molecule has 0 amide bonds. The van der Waals surface area contributed by atoms with Crippen LogP contribution in [-0.4, -0.2) is 22.0 Å². The molecule has 5 N–H and O–H groups in total. The first-order chi connectivity index (χ1) is 7.79. The maximum atomic E-state index is 5.66. The zero-order valence-electron chi connectivity index (χ0n) is 9.23. The highest BCUT2D eigenvalue weighted by Gasteiger charge is 2.24. The lowest BCUT2D eigenvalue weighted by Crippen LogP contribution is -2.43. The summed E-state index contributed by atoms with van der Waals surface area (Å²) < 4.78 is 0. The summed E-state index contributed by atoms with van der Waals surface area (Å²) in [5.41, 5.74) is 9.79. The normalized spacial score (nSPS) is 22.2. The maximum Gasteiger partial charge on any atom is 0.123 e. The minimum absolute atomic E-state index is 0.328. The minimum Gasteiger partial charge on any atom is -0.384 e. The van der Waals surface area contributed by atoms with Crippen LogP contribution in [0.2, 0.25) is 0 Å². The molecule has 1 aromatic rings. The van der Waals surface area contributed by atoms with Crippen LogP contribution in [0.5, 0.6) is 0 Å². The van der Waals surface area contributed by atoms with Crippen LogP contribution in [-0.2, 0) is 6.42 Å². The third-order valence-electron chi connectivity index (χ3n) is 2.93. The second-order valence-electron chi connectivity index (χ2n) is 4.12. The summed E-state index contributed by atoms with van der Waals surface area (Å²) in [6.07, 6.45) is 5.22. The Labute approximate surface area is 100 Å². The van der Waals surface area contributed by atoms with Crippen LogP contribution in [0.25, 0.3) is 0 Å². The van der Waals surface area contributed by atoms with Gasteiger partial charge in [0.2, 0.25) is 0 Å². The average Bonchev–Trinajstić information content (AvgIpc) is 2.79. The number of thioether (sulfide) groups is 1. The van der Waals surface area contributed by atoms with E-state index < -0.39 is 0 Å². The van der Waals surface area contributed by atoms with Crippen molar-refractivity contribution < 1.29 is 0 Å². The Morgan fingerprint density at radius 2 is 2.50 bits per heavy atom. The molecule has 0 aromatic carbocycles. The van der Waals surface area contributed by atoms with Crippen LogP contribution in [0.15, 0.2) is 18.3 Å². The van der Waals surface area contributed by atoms with Gasteiger partial charge in [-0.05, 0) is 42.7 Å². The number of aromatic nitrogens is 1. The van der Waals surface area contributed by atoms with Crippen molar-refractivity contribution in [2.24, 2.45) is 5.84 Å². The van der Waals surface area contributed by atoms with Crippen molar-refractivity contribution in [3.63, 3.8) is 0 Å². The molecule has 2 heterocycles. The monoisotopic (exact) mass is 238 g/mol. The smallest absolute Gasteiger partial charge is 0.123 e. The van der Waals surface area contributed by atoms with Crippen LogP contribution in [0.4, 0.5) is 5.82 Å². The molecule has 0 radical (unpaired) electrons. The van der Waals surface area contributed by atoms with E-state index in [2.05, 4.69) is 10.4 Å². The van der Waals surface area contributed by atoms with E-state index >= 15 is 0 Å². The lowest BCUT2D eigenvalue weighted by Gasteiger charge is -2.21. The summed E-state index contributed by atoms with van der Waals surface area (Å²) in [7, 11) is 0. The Hall–Kier alpha value is -0.780. The Morgan fingerprint density at radius 1 is 1.62 bits per heavy atom. The predicted octanol–water partition coefficient (Wildman–Crippen LogP) is 0.934. The fraction of sp³-hybridized carbons (Fsp3) is 0.545. The van der Waals surface area contributed by atoms with Gasteiger partial charge in [0, 0.05) is 17.5 Å². The van der Waals surface area contributed by atoms with Gasteiger partial charge in [-0.25, -0.2) is 4.98 Å². The van der Waals surface area contributed by atoms with E-state index in [9.17, 15) is 0 Å². The van der Waals surface area contributed by atoms with Gasteiger partial charge in [0.15, 0.2) is 0 Å². The molecule has 5 heteroatoms. The van der Waals surface area contributed by atoms with Crippen molar-refractivity contribution in [1.82, 2.24) is 10.4 Å². The number of anilines is 1. The molecule has 2 unspecified atom stereocenters. The minimum atomic E-state index is 0.328. The van der Waals surface area contributed by atoms with Gasteiger partial charge in [0.25, 0.3) is 0 Å². The average molecular weight is 238 g/mol. The van der Waals surface area contributed by atoms with Gasteiger partial charge in [-0.15, -0.1) is 0 Å². The zero-order chi connectivity index (χ0) is 11.4.